The first-order valence-electron chi connectivity index (χ1n) is 6.50. The van der Waals surface area contributed by atoms with E-state index in [0.29, 0.717) is 17.8 Å². The molecule has 2 aromatic rings. The van der Waals surface area contributed by atoms with Gasteiger partial charge >= 0.3 is 0 Å². The summed E-state index contributed by atoms with van der Waals surface area (Å²) in [7, 11) is 0. The van der Waals surface area contributed by atoms with Crippen molar-refractivity contribution in [1.29, 1.82) is 0 Å². The van der Waals surface area contributed by atoms with E-state index in [2.05, 4.69) is 4.98 Å². The van der Waals surface area contributed by atoms with Crippen LogP contribution in [-0.4, -0.2) is 16.7 Å². The minimum Gasteiger partial charge on any atom is -0.299 e. The van der Waals surface area contributed by atoms with Gasteiger partial charge in [0.05, 0.1) is 22.8 Å². The minimum atomic E-state index is -0.445. The third-order valence-corrected chi connectivity index (χ3v) is 4.32. The summed E-state index contributed by atoms with van der Waals surface area (Å²) in [6.45, 7) is 4.36. The maximum absolute atomic E-state index is 12.1. The van der Waals surface area contributed by atoms with Gasteiger partial charge < -0.3 is 0 Å². The largest absolute Gasteiger partial charge is 0.299 e. The Hall–Kier alpha value is -2.01. The SMILES string of the molecule is CCc1ccc2c(c1)C(=O)C(=O)N2Cc1cnc(C)s1. The van der Waals surface area contributed by atoms with Crippen molar-refractivity contribution in [2.24, 2.45) is 0 Å². The molecule has 0 atom stereocenters. The Morgan fingerprint density at radius 2 is 2.10 bits per heavy atom. The Morgan fingerprint density at radius 1 is 1.30 bits per heavy atom. The number of benzene rings is 1. The molecule has 0 saturated heterocycles. The molecule has 4 nitrogen and oxygen atoms in total. The molecule has 1 aromatic carbocycles. The number of rotatable bonds is 3. The average molecular weight is 286 g/mol. The van der Waals surface area contributed by atoms with Crippen molar-refractivity contribution in [3.8, 4) is 0 Å². The molecule has 1 aliphatic rings. The number of hydrogen-bond acceptors (Lipinski definition) is 4. The molecule has 0 spiro atoms. The monoisotopic (exact) mass is 286 g/mol. The van der Waals surface area contributed by atoms with Crippen molar-refractivity contribution in [3.05, 3.63) is 45.4 Å². The maximum Gasteiger partial charge on any atom is 0.299 e. The quantitative estimate of drug-likeness (QED) is 0.815. The molecular formula is C15H14N2O2S. The van der Waals surface area contributed by atoms with E-state index in [1.807, 2.05) is 32.0 Å². The zero-order chi connectivity index (χ0) is 14.3. The van der Waals surface area contributed by atoms with Crippen LogP contribution in [0.2, 0.25) is 0 Å². The Bertz CT molecular complexity index is 706. The zero-order valence-corrected chi connectivity index (χ0v) is 12.2. The molecule has 20 heavy (non-hydrogen) atoms. The molecule has 5 heteroatoms. The highest BCUT2D eigenvalue weighted by atomic mass is 32.1. The van der Waals surface area contributed by atoms with Gasteiger partial charge in [0.15, 0.2) is 0 Å². The van der Waals surface area contributed by atoms with E-state index < -0.39 is 11.7 Å². The molecule has 0 N–H and O–H groups in total. The Kier molecular flexibility index (Phi) is 3.14. The normalized spacial score (nSPS) is 14.0. The highest BCUT2D eigenvalue weighted by Crippen LogP contribution is 2.32. The molecule has 0 aliphatic carbocycles. The topological polar surface area (TPSA) is 50.3 Å². The number of Topliss-reactive ketones (excluding diaryl/α,β-unsaturated/α-hetero) is 1. The molecule has 0 fully saturated rings. The van der Waals surface area contributed by atoms with Crippen LogP contribution in [0.5, 0.6) is 0 Å². The number of aryl methyl sites for hydroxylation is 2. The van der Waals surface area contributed by atoms with Crippen molar-refractivity contribution in [1.82, 2.24) is 4.98 Å². The summed E-state index contributed by atoms with van der Waals surface area (Å²) in [5, 5.41) is 0.958. The lowest BCUT2D eigenvalue weighted by molar-refractivity contribution is -0.114. The van der Waals surface area contributed by atoms with Crippen LogP contribution in [0.3, 0.4) is 0 Å². The average Bonchev–Trinajstić information content (AvgIpc) is 2.96. The lowest BCUT2D eigenvalue weighted by Gasteiger charge is -2.15. The maximum atomic E-state index is 12.1. The van der Waals surface area contributed by atoms with Gasteiger partial charge in [0, 0.05) is 11.1 Å². The molecular weight excluding hydrogens is 272 g/mol. The Labute approximate surface area is 121 Å². The summed E-state index contributed by atoms with van der Waals surface area (Å²) in [4.78, 5) is 30.9. The van der Waals surface area contributed by atoms with Crippen LogP contribution >= 0.6 is 11.3 Å². The summed E-state index contributed by atoms with van der Waals surface area (Å²) in [6.07, 6.45) is 2.61. The highest BCUT2D eigenvalue weighted by molar-refractivity contribution is 7.11. The number of thiazole rings is 1. The van der Waals surface area contributed by atoms with Crippen molar-refractivity contribution < 1.29 is 9.59 Å². The predicted octanol–water partition coefficient (Wildman–Crippen LogP) is 2.74. The van der Waals surface area contributed by atoms with Crippen LogP contribution in [0.1, 0.15) is 32.7 Å². The van der Waals surface area contributed by atoms with E-state index in [4.69, 9.17) is 0 Å². The minimum absolute atomic E-state index is 0.406. The third kappa shape index (κ3) is 2.04. The second kappa shape index (κ2) is 4.83. The van der Waals surface area contributed by atoms with Gasteiger partial charge in [-0.15, -0.1) is 11.3 Å². The van der Waals surface area contributed by atoms with E-state index in [0.717, 1.165) is 21.9 Å². The zero-order valence-electron chi connectivity index (χ0n) is 11.3. The number of carbonyl (C=O) groups excluding carboxylic acids is 2. The predicted molar refractivity (Wildman–Crippen MR) is 78.2 cm³/mol. The molecule has 0 bridgehead atoms. The van der Waals surface area contributed by atoms with Gasteiger partial charge in [0.2, 0.25) is 0 Å². The van der Waals surface area contributed by atoms with Crippen LogP contribution in [0.4, 0.5) is 5.69 Å². The molecule has 2 heterocycles. The number of anilines is 1. The molecule has 0 unspecified atom stereocenters. The van der Waals surface area contributed by atoms with Gasteiger partial charge in [0.25, 0.3) is 11.7 Å². The second-order valence-corrected chi connectivity index (χ2v) is 6.09. The van der Waals surface area contributed by atoms with Crippen molar-refractivity contribution in [2.45, 2.75) is 26.8 Å². The number of fused-ring (bicyclic) bond motifs is 1. The Morgan fingerprint density at radius 3 is 2.75 bits per heavy atom. The number of amides is 1. The van der Waals surface area contributed by atoms with Crippen molar-refractivity contribution in [3.63, 3.8) is 0 Å². The van der Waals surface area contributed by atoms with E-state index in [1.54, 1.807) is 22.4 Å². The van der Waals surface area contributed by atoms with Gasteiger partial charge in [-0.05, 0) is 31.0 Å². The Balaban J connectivity index is 1.98. The van der Waals surface area contributed by atoms with Crippen LogP contribution < -0.4 is 4.90 Å². The molecule has 0 radical (unpaired) electrons. The van der Waals surface area contributed by atoms with Gasteiger partial charge in [-0.25, -0.2) is 4.98 Å². The van der Waals surface area contributed by atoms with Crippen LogP contribution in [0, 0.1) is 6.92 Å². The van der Waals surface area contributed by atoms with Gasteiger partial charge in [-0.1, -0.05) is 13.0 Å². The van der Waals surface area contributed by atoms with Gasteiger partial charge in [-0.2, -0.15) is 0 Å². The molecule has 3 rings (SSSR count). The van der Waals surface area contributed by atoms with E-state index in [1.165, 1.54) is 0 Å². The molecule has 0 saturated carbocycles. The van der Waals surface area contributed by atoms with Crippen LogP contribution in [0.25, 0.3) is 0 Å². The van der Waals surface area contributed by atoms with Crippen LogP contribution in [0.15, 0.2) is 24.4 Å². The standard InChI is InChI=1S/C15H14N2O2S/c1-3-10-4-5-13-12(6-10)14(18)15(19)17(13)8-11-7-16-9(2)20-11/h4-7H,3,8H2,1-2H3. The van der Waals surface area contributed by atoms with E-state index in [9.17, 15) is 9.59 Å². The van der Waals surface area contributed by atoms with Gasteiger partial charge in [0.1, 0.15) is 0 Å². The number of nitrogens with zero attached hydrogens (tertiary/aromatic N) is 2. The fourth-order valence-corrected chi connectivity index (χ4v) is 3.14. The molecule has 1 aliphatic heterocycles. The third-order valence-electron chi connectivity index (χ3n) is 3.43. The van der Waals surface area contributed by atoms with Crippen molar-refractivity contribution in [2.75, 3.05) is 4.90 Å². The van der Waals surface area contributed by atoms with E-state index in [-0.39, 0.29) is 0 Å². The fourth-order valence-electron chi connectivity index (χ4n) is 2.36. The van der Waals surface area contributed by atoms with E-state index >= 15 is 0 Å². The summed E-state index contributed by atoms with van der Waals surface area (Å²) in [6, 6.07) is 5.66. The second-order valence-electron chi connectivity index (χ2n) is 4.77. The number of aromatic nitrogens is 1. The molecule has 1 aromatic heterocycles. The molecule has 102 valence electrons. The molecule has 1 amide bonds. The summed E-state index contributed by atoms with van der Waals surface area (Å²) in [5.74, 6) is -0.851. The number of hydrogen-bond donors (Lipinski definition) is 0. The first-order chi connectivity index (χ1) is 9.60. The van der Waals surface area contributed by atoms with Gasteiger partial charge in [-0.3, -0.25) is 14.5 Å². The van der Waals surface area contributed by atoms with Crippen molar-refractivity contribution >= 4 is 28.7 Å². The van der Waals surface area contributed by atoms with Crippen LogP contribution in [-0.2, 0) is 17.8 Å². The first kappa shape index (κ1) is 13.0. The summed E-state index contributed by atoms with van der Waals surface area (Å²) < 4.78 is 0. The highest BCUT2D eigenvalue weighted by Gasteiger charge is 2.35. The number of carbonyl (C=O) groups is 2. The smallest absolute Gasteiger partial charge is 0.299 e. The lowest BCUT2D eigenvalue weighted by atomic mass is 10.1. The first-order valence-corrected chi connectivity index (χ1v) is 7.32. The lowest BCUT2D eigenvalue weighted by Crippen LogP contribution is -2.28. The number of ketones is 1. The summed E-state index contributed by atoms with van der Waals surface area (Å²) >= 11 is 1.54. The summed E-state index contributed by atoms with van der Waals surface area (Å²) in [5.41, 5.74) is 2.30. The fraction of sp³-hybridized carbons (Fsp3) is 0.267.